The number of hydrogen-bond donors (Lipinski definition) is 0. The van der Waals surface area contributed by atoms with E-state index in [2.05, 4.69) is 21.6 Å². The van der Waals surface area contributed by atoms with Crippen molar-refractivity contribution in [2.75, 3.05) is 0 Å². The third-order valence-corrected chi connectivity index (χ3v) is 7.95. The second-order valence-electron chi connectivity index (χ2n) is 6.91. The van der Waals surface area contributed by atoms with E-state index in [1.165, 1.54) is 16.4 Å². The molecule has 7 nitrogen and oxygen atoms in total. The van der Waals surface area contributed by atoms with Crippen LogP contribution in [0.1, 0.15) is 10.6 Å². The van der Waals surface area contributed by atoms with Crippen molar-refractivity contribution in [2.45, 2.75) is 17.8 Å². The first-order valence-corrected chi connectivity index (χ1v) is 11.7. The third-order valence-electron chi connectivity index (χ3n) is 5.11. The molecule has 2 aromatic carbocycles. The zero-order valence-corrected chi connectivity index (χ0v) is 19.1. The van der Waals surface area contributed by atoms with E-state index in [9.17, 15) is 4.79 Å². The smallest absolute Gasteiger partial charge is 0.283 e. The molecule has 156 valence electrons. The zero-order chi connectivity index (χ0) is 21.5. The van der Waals surface area contributed by atoms with Gasteiger partial charge in [0.25, 0.3) is 5.56 Å². The number of hydrogen-bond acceptors (Lipinski definition) is 6. The number of thiophene rings is 1. The molecule has 0 atom stereocenters. The average molecular weight is 469 g/mol. The molecule has 0 aliphatic heterocycles. The lowest BCUT2D eigenvalue weighted by Crippen LogP contribution is -2.22. The summed E-state index contributed by atoms with van der Waals surface area (Å²) in [5.74, 6) is 0.608. The largest absolute Gasteiger partial charge is 0.297 e. The van der Waals surface area contributed by atoms with Crippen LogP contribution in [0.4, 0.5) is 0 Å². The summed E-state index contributed by atoms with van der Waals surface area (Å²) < 4.78 is 6.09. The van der Waals surface area contributed by atoms with Crippen molar-refractivity contribution in [3.63, 3.8) is 0 Å². The summed E-state index contributed by atoms with van der Waals surface area (Å²) in [4.78, 5) is 14.4. The average Bonchev–Trinajstić information content (AvgIpc) is 3.43. The third kappa shape index (κ3) is 3.38. The van der Waals surface area contributed by atoms with Gasteiger partial charge in [-0.2, -0.15) is 4.68 Å². The molecule has 31 heavy (non-hydrogen) atoms. The van der Waals surface area contributed by atoms with Crippen molar-refractivity contribution in [1.82, 2.24) is 29.6 Å². The standard InChI is InChI=1S/C21H17ClN6OS2/c1-13-19(20(29)28(26(13)2)14-8-4-3-5-9-14)27-21(23-24-25-27)30-12-17-18(22)15-10-6-7-11-16(15)31-17/h3-11H,12H2,1-2H3. The van der Waals surface area contributed by atoms with Crippen molar-refractivity contribution in [1.29, 1.82) is 0 Å². The van der Waals surface area contributed by atoms with Crippen molar-refractivity contribution >= 4 is 44.8 Å². The molecule has 0 amide bonds. The van der Waals surface area contributed by atoms with Crippen LogP contribution in [0, 0.1) is 6.92 Å². The molecule has 10 heteroatoms. The molecule has 0 saturated heterocycles. The van der Waals surface area contributed by atoms with Gasteiger partial charge in [-0.1, -0.05) is 59.8 Å². The van der Waals surface area contributed by atoms with Gasteiger partial charge in [-0.3, -0.25) is 9.48 Å². The highest BCUT2D eigenvalue weighted by Crippen LogP contribution is 2.38. The molecule has 0 bridgehead atoms. The summed E-state index contributed by atoms with van der Waals surface area (Å²) in [6.45, 7) is 1.88. The monoisotopic (exact) mass is 468 g/mol. The van der Waals surface area contributed by atoms with Crippen LogP contribution < -0.4 is 5.56 Å². The quantitative estimate of drug-likeness (QED) is 0.352. The maximum absolute atomic E-state index is 13.3. The molecule has 0 saturated carbocycles. The second kappa shape index (κ2) is 7.99. The van der Waals surface area contributed by atoms with Crippen LogP contribution in [0.5, 0.6) is 0 Å². The lowest BCUT2D eigenvalue weighted by atomic mass is 10.2. The van der Waals surface area contributed by atoms with Gasteiger partial charge < -0.3 is 0 Å². The van der Waals surface area contributed by atoms with Gasteiger partial charge in [-0.25, -0.2) is 4.68 Å². The predicted octanol–water partition coefficient (Wildman–Crippen LogP) is 4.62. The summed E-state index contributed by atoms with van der Waals surface area (Å²) in [7, 11) is 1.85. The van der Waals surface area contributed by atoms with Gasteiger partial charge in [0.2, 0.25) is 5.16 Å². The Bertz CT molecular complexity index is 1450. The predicted molar refractivity (Wildman–Crippen MR) is 125 cm³/mol. The highest BCUT2D eigenvalue weighted by atomic mass is 35.5. The minimum Gasteiger partial charge on any atom is -0.283 e. The van der Waals surface area contributed by atoms with Crippen LogP contribution in [0.3, 0.4) is 0 Å². The van der Waals surface area contributed by atoms with E-state index in [0.717, 1.165) is 31.4 Å². The number of fused-ring (bicyclic) bond motifs is 1. The number of thioether (sulfide) groups is 1. The Balaban J connectivity index is 1.51. The zero-order valence-electron chi connectivity index (χ0n) is 16.7. The van der Waals surface area contributed by atoms with E-state index in [0.29, 0.717) is 16.6 Å². The Morgan fingerprint density at radius 3 is 2.61 bits per heavy atom. The second-order valence-corrected chi connectivity index (χ2v) is 9.36. The molecular weight excluding hydrogens is 452 g/mol. The highest BCUT2D eigenvalue weighted by molar-refractivity contribution is 7.98. The Morgan fingerprint density at radius 2 is 1.84 bits per heavy atom. The fourth-order valence-corrected chi connectivity index (χ4v) is 6.03. The first kappa shape index (κ1) is 20.0. The number of nitrogens with zero attached hydrogens (tertiary/aromatic N) is 6. The minimum atomic E-state index is -0.180. The van der Waals surface area contributed by atoms with Gasteiger partial charge in [-0.15, -0.1) is 16.4 Å². The summed E-state index contributed by atoms with van der Waals surface area (Å²) in [5, 5.41) is 14.4. The molecular formula is C21H17ClN6OS2. The number of rotatable bonds is 5. The minimum absolute atomic E-state index is 0.180. The Labute approximate surface area is 190 Å². The number of halogens is 1. The van der Waals surface area contributed by atoms with E-state index >= 15 is 0 Å². The maximum Gasteiger partial charge on any atom is 0.297 e. The van der Waals surface area contributed by atoms with E-state index < -0.39 is 0 Å². The van der Waals surface area contributed by atoms with Gasteiger partial charge in [0.1, 0.15) is 0 Å². The van der Waals surface area contributed by atoms with Crippen LogP contribution in [0.15, 0.2) is 64.5 Å². The molecule has 5 aromatic rings. The first-order valence-electron chi connectivity index (χ1n) is 9.47. The molecule has 3 heterocycles. The van der Waals surface area contributed by atoms with Gasteiger partial charge in [0, 0.05) is 27.8 Å². The van der Waals surface area contributed by atoms with E-state index in [1.807, 2.05) is 67.2 Å². The molecule has 0 unspecified atom stereocenters. The summed E-state index contributed by atoms with van der Waals surface area (Å²) in [6.07, 6.45) is 0. The van der Waals surface area contributed by atoms with E-state index in [-0.39, 0.29) is 5.56 Å². The van der Waals surface area contributed by atoms with Crippen LogP contribution in [0.2, 0.25) is 5.02 Å². The van der Waals surface area contributed by atoms with Gasteiger partial charge in [0.15, 0.2) is 5.69 Å². The Morgan fingerprint density at radius 1 is 1.10 bits per heavy atom. The Kier molecular flexibility index (Phi) is 5.17. The maximum atomic E-state index is 13.3. The topological polar surface area (TPSA) is 70.5 Å². The van der Waals surface area contributed by atoms with Crippen LogP contribution >= 0.6 is 34.7 Å². The molecule has 0 aliphatic rings. The molecule has 0 fully saturated rings. The van der Waals surface area contributed by atoms with Crippen molar-refractivity contribution in [2.24, 2.45) is 7.05 Å². The molecule has 5 rings (SSSR count). The molecule has 0 N–H and O–H groups in total. The number of aromatic nitrogens is 6. The highest BCUT2D eigenvalue weighted by Gasteiger charge is 2.22. The van der Waals surface area contributed by atoms with E-state index in [4.69, 9.17) is 11.6 Å². The van der Waals surface area contributed by atoms with Crippen molar-refractivity contribution in [3.8, 4) is 11.4 Å². The number of para-hydroxylation sites is 1. The fraction of sp³-hybridized carbons (Fsp3) is 0.143. The van der Waals surface area contributed by atoms with Gasteiger partial charge in [-0.05, 0) is 35.5 Å². The first-order chi connectivity index (χ1) is 15.1. The van der Waals surface area contributed by atoms with Crippen LogP contribution in [-0.2, 0) is 12.8 Å². The van der Waals surface area contributed by atoms with Crippen LogP contribution in [-0.4, -0.2) is 29.6 Å². The van der Waals surface area contributed by atoms with E-state index in [1.54, 1.807) is 16.0 Å². The van der Waals surface area contributed by atoms with Gasteiger partial charge >= 0.3 is 0 Å². The molecule has 3 aromatic heterocycles. The summed E-state index contributed by atoms with van der Waals surface area (Å²) >= 11 is 9.69. The fourth-order valence-electron chi connectivity index (χ4n) is 3.49. The van der Waals surface area contributed by atoms with Gasteiger partial charge in [0.05, 0.1) is 16.4 Å². The summed E-state index contributed by atoms with van der Waals surface area (Å²) in [5.41, 5.74) is 1.80. The number of tetrazole rings is 1. The Hall–Kier alpha value is -2.88. The number of benzene rings is 2. The SMILES string of the molecule is Cc1c(-n2nnnc2SCc2sc3ccccc3c2Cl)c(=O)n(-c2ccccc2)n1C. The molecule has 0 radical (unpaired) electrons. The molecule has 0 spiro atoms. The van der Waals surface area contributed by atoms with Crippen LogP contribution in [0.25, 0.3) is 21.5 Å². The summed E-state index contributed by atoms with van der Waals surface area (Å²) in [6, 6.07) is 17.6. The molecule has 0 aliphatic carbocycles. The van der Waals surface area contributed by atoms with Crippen molar-refractivity contribution in [3.05, 3.63) is 80.5 Å². The lowest BCUT2D eigenvalue weighted by Gasteiger charge is -2.07. The lowest BCUT2D eigenvalue weighted by molar-refractivity contribution is 0.630. The van der Waals surface area contributed by atoms with Crippen molar-refractivity contribution < 1.29 is 0 Å². The normalized spacial score (nSPS) is 11.5.